The molecule has 0 aromatic carbocycles. The van der Waals surface area contributed by atoms with Crippen molar-refractivity contribution in [3.8, 4) is 0 Å². The molecule has 0 aromatic rings. The van der Waals surface area contributed by atoms with Crippen LogP contribution in [0.2, 0.25) is 0 Å². The summed E-state index contributed by atoms with van der Waals surface area (Å²) >= 11 is 1.50. The molecule has 1 aliphatic rings. The quantitative estimate of drug-likeness (QED) is 0.627. The summed E-state index contributed by atoms with van der Waals surface area (Å²) < 4.78 is 6.43. The Kier molecular flexibility index (Phi) is 2.17. The van der Waals surface area contributed by atoms with E-state index in [1.165, 1.54) is 23.4 Å². The number of rotatable bonds is 0. The van der Waals surface area contributed by atoms with E-state index in [-0.39, 0.29) is 0 Å². The van der Waals surface area contributed by atoms with E-state index in [0.717, 1.165) is 19.8 Å². The van der Waals surface area contributed by atoms with E-state index >= 15 is 0 Å². The van der Waals surface area contributed by atoms with Crippen LogP contribution in [-0.4, -0.2) is 23.8 Å². The van der Waals surface area contributed by atoms with Gasteiger partial charge >= 0.3 is 53.2 Å². The van der Waals surface area contributed by atoms with Crippen molar-refractivity contribution in [1.29, 1.82) is 0 Å². The molecule has 1 rings (SSSR count). The van der Waals surface area contributed by atoms with Gasteiger partial charge < -0.3 is 0 Å². The second-order valence-electron chi connectivity index (χ2n) is 1.40. The maximum atomic E-state index is 5.10. The van der Waals surface area contributed by atoms with Crippen molar-refractivity contribution in [2.75, 3.05) is 19.8 Å². The minimum atomic E-state index is 0.829. The van der Waals surface area contributed by atoms with Gasteiger partial charge in [-0.2, -0.15) is 0 Å². The van der Waals surface area contributed by atoms with Crippen LogP contribution < -0.4 is 5.32 Å². The van der Waals surface area contributed by atoms with Crippen LogP contribution in [0, 0.1) is 0 Å². The van der Waals surface area contributed by atoms with Gasteiger partial charge in [0.05, 0.1) is 0 Å². The van der Waals surface area contributed by atoms with Gasteiger partial charge in [-0.05, 0) is 0 Å². The molecule has 1 heterocycles. The van der Waals surface area contributed by atoms with Crippen LogP contribution in [-0.2, 0) is 24.1 Å². The summed E-state index contributed by atoms with van der Waals surface area (Å²) in [6, 6.07) is 0. The zero-order chi connectivity index (χ0) is 5.11. The van der Waals surface area contributed by atoms with Crippen LogP contribution in [0.15, 0.2) is 0 Å². The van der Waals surface area contributed by atoms with Gasteiger partial charge in [0.15, 0.2) is 0 Å². The molecule has 0 aliphatic carbocycles. The van der Waals surface area contributed by atoms with E-state index in [4.69, 9.17) is 4.74 Å². The van der Waals surface area contributed by atoms with E-state index < -0.39 is 0 Å². The van der Waals surface area contributed by atoms with E-state index in [0.29, 0.717) is 0 Å². The first-order valence-corrected chi connectivity index (χ1v) is 3.71. The molecule has 0 atom stereocenters. The van der Waals surface area contributed by atoms with Crippen LogP contribution >= 0.6 is 0 Å². The Morgan fingerprint density at radius 2 is 2.57 bits per heavy atom. The van der Waals surface area contributed by atoms with E-state index in [1.54, 1.807) is 0 Å². The fraction of sp³-hybridized carbons (Fsp3) is 0.750. The van der Waals surface area contributed by atoms with Gasteiger partial charge in [0.25, 0.3) is 0 Å². The third-order valence-electron chi connectivity index (χ3n) is 0.802. The van der Waals surface area contributed by atoms with Crippen LogP contribution in [0.1, 0.15) is 0 Å². The average molecular weight is 269 g/mol. The summed E-state index contributed by atoms with van der Waals surface area (Å²) in [4.78, 5) is 0. The number of nitrogens with one attached hydrogen (secondary N) is 1. The Hall–Kier alpha value is 0.478. The van der Waals surface area contributed by atoms with Crippen LogP contribution in [0.3, 0.4) is 0 Å². The number of hydrogen-bond acceptors (Lipinski definition) is 2. The molecule has 0 saturated carbocycles. The molecule has 1 fully saturated rings. The first-order chi connectivity index (χ1) is 3.39. The summed E-state index contributed by atoms with van der Waals surface area (Å²) in [7, 11) is 0. The molecule has 3 heteroatoms. The van der Waals surface area contributed by atoms with E-state index in [9.17, 15) is 0 Å². The molecule has 0 aromatic heterocycles. The van der Waals surface area contributed by atoms with Crippen molar-refractivity contribution in [3.63, 3.8) is 0 Å². The average Bonchev–Trinajstić information content (AvgIpc) is 1.69. The normalized spacial score (nSPS) is 22.6. The zero-order valence-electron chi connectivity index (χ0n) is 3.94. The third kappa shape index (κ3) is 1.81. The molecule has 1 N–H and O–H groups in total. The molecule has 1 aliphatic heterocycles. The SMILES string of the molecule is [W]=[C]1COCCN1. The fourth-order valence-electron chi connectivity index (χ4n) is 0.479. The summed E-state index contributed by atoms with van der Waals surface area (Å²) in [6.07, 6.45) is 0. The monoisotopic (exact) mass is 269 g/mol. The standard InChI is InChI=1S/C4H7NO.W/c1-3-6-4-2-5-1;/h5H,1,3-4H2;. The van der Waals surface area contributed by atoms with Gasteiger partial charge in [-0.1, -0.05) is 0 Å². The van der Waals surface area contributed by atoms with Gasteiger partial charge in [-0.3, -0.25) is 0 Å². The number of ether oxygens (including phenoxy) is 1. The first kappa shape index (κ1) is 5.61. The summed E-state index contributed by atoms with van der Waals surface area (Å²) in [5.74, 6) is 0. The number of morpholine rings is 1. The van der Waals surface area contributed by atoms with E-state index in [2.05, 4.69) is 5.32 Å². The van der Waals surface area contributed by atoms with E-state index in [1.807, 2.05) is 0 Å². The molecule has 0 radical (unpaired) electrons. The second-order valence-corrected chi connectivity index (χ2v) is 3.17. The van der Waals surface area contributed by atoms with Crippen molar-refractivity contribution in [1.82, 2.24) is 5.32 Å². The zero-order valence-corrected chi connectivity index (χ0v) is 6.87. The molecule has 0 unspecified atom stereocenters. The fourth-order valence-corrected chi connectivity index (χ4v) is 1.14. The summed E-state index contributed by atoms with van der Waals surface area (Å²) in [5.41, 5.74) is 0. The molecular weight excluding hydrogens is 262 g/mol. The van der Waals surface area contributed by atoms with Crippen LogP contribution in [0.25, 0.3) is 0 Å². The third-order valence-corrected chi connectivity index (χ3v) is 1.74. The predicted octanol–water partition coefficient (Wildman–Crippen LogP) is -0.717. The van der Waals surface area contributed by atoms with Gasteiger partial charge in [0.1, 0.15) is 0 Å². The second kappa shape index (κ2) is 2.70. The minimum absolute atomic E-state index is 0.829. The van der Waals surface area contributed by atoms with Crippen molar-refractivity contribution >= 4 is 4.02 Å². The van der Waals surface area contributed by atoms with Crippen LogP contribution in [0.5, 0.6) is 0 Å². The van der Waals surface area contributed by atoms with Crippen molar-refractivity contribution in [3.05, 3.63) is 0 Å². The summed E-state index contributed by atoms with van der Waals surface area (Å²) in [5, 5.41) is 3.21. The number of hydrogen-bond donors (Lipinski definition) is 1. The Morgan fingerprint density at radius 3 is 2.86 bits per heavy atom. The molecule has 0 spiro atoms. The predicted molar refractivity (Wildman–Crippen MR) is 23.8 cm³/mol. The topological polar surface area (TPSA) is 21.3 Å². The molecule has 0 amide bonds. The Balaban J connectivity index is 2.25. The maximum absolute atomic E-state index is 5.10. The Bertz CT molecular complexity index is 75.8. The molecule has 0 bridgehead atoms. The molecule has 40 valence electrons. The van der Waals surface area contributed by atoms with Gasteiger partial charge in [-0.25, -0.2) is 0 Å². The van der Waals surface area contributed by atoms with Gasteiger partial charge in [0, 0.05) is 0 Å². The molecule has 7 heavy (non-hydrogen) atoms. The van der Waals surface area contributed by atoms with Gasteiger partial charge in [0.2, 0.25) is 0 Å². The Morgan fingerprint density at radius 1 is 1.71 bits per heavy atom. The van der Waals surface area contributed by atoms with Crippen molar-refractivity contribution < 1.29 is 24.1 Å². The Labute approximate surface area is 53.6 Å². The molecular formula is C4H7NOW. The van der Waals surface area contributed by atoms with Crippen LogP contribution in [0.4, 0.5) is 0 Å². The molecule has 1 saturated heterocycles. The molecule has 2 nitrogen and oxygen atoms in total. The van der Waals surface area contributed by atoms with Gasteiger partial charge in [-0.15, -0.1) is 0 Å². The summed E-state index contributed by atoms with van der Waals surface area (Å²) in [6.45, 7) is 2.70. The van der Waals surface area contributed by atoms with Crippen molar-refractivity contribution in [2.24, 2.45) is 0 Å². The van der Waals surface area contributed by atoms with Crippen molar-refractivity contribution in [2.45, 2.75) is 0 Å². The first-order valence-electron chi connectivity index (χ1n) is 2.24.